The maximum atomic E-state index is 12.7. The predicted molar refractivity (Wildman–Crippen MR) is 116 cm³/mol. The predicted octanol–water partition coefficient (Wildman–Crippen LogP) is 2.14. The van der Waals surface area contributed by atoms with E-state index >= 15 is 0 Å². The van der Waals surface area contributed by atoms with Crippen molar-refractivity contribution in [1.29, 1.82) is 0 Å². The molecule has 2 aromatic rings. The number of nitrogens with zero attached hydrogens (tertiary/aromatic N) is 6. The number of rotatable bonds is 4. The Kier molecular flexibility index (Phi) is 6.50. The lowest BCUT2D eigenvalue weighted by molar-refractivity contribution is -0.137. The SMILES string of the molecule is CN1CCN(c2cc(N3CCN(C(=O)Cc4ccc(C(F)(F)F)cc4)CC3)ncn2)CC1. The second-order valence-corrected chi connectivity index (χ2v) is 8.26. The minimum absolute atomic E-state index is 0.0785. The van der Waals surface area contributed by atoms with E-state index in [1.54, 1.807) is 11.2 Å². The lowest BCUT2D eigenvalue weighted by Crippen LogP contribution is -2.49. The van der Waals surface area contributed by atoms with E-state index < -0.39 is 11.7 Å². The molecule has 0 atom stereocenters. The van der Waals surface area contributed by atoms with Crippen LogP contribution < -0.4 is 9.80 Å². The molecule has 2 aliphatic heterocycles. The van der Waals surface area contributed by atoms with Crippen LogP contribution in [0.25, 0.3) is 0 Å². The zero-order valence-electron chi connectivity index (χ0n) is 18.1. The highest BCUT2D eigenvalue weighted by molar-refractivity contribution is 5.79. The van der Waals surface area contributed by atoms with Crippen LogP contribution in [-0.4, -0.2) is 85.1 Å². The first-order valence-electron chi connectivity index (χ1n) is 10.7. The summed E-state index contributed by atoms with van der Waals surface area (Å²) < 4.78 is 38.1. The number of alkyl halides is 3. The second-order valence-electron chi connectivity index (χ2n) is 8.26. The summed E-state index contributed by atoms with van der Waals surface area (Å²) in [6, 6.07) is 6.79. The molecule has 4 rings (SSSR count). The van der Waals surface area contributed by atoms with Crippen molar-refractivity contribution in [2.45, 2.75) is 12.6 Å². The van der Waals surface area contributed by atoms with Crippen LogP contribution in [0.4, 0.5) is 24.8 Å². The lowest BCUT2D eigenvalue weighted by Gasteiger charge is -2.36. The fourth-order valence-electron chi connectivity index (χ4n) is 4.00. The van der Waals surface area contributed by atoms with E-state index in [4.69, 9.17) is 0 Å². The Morgan fingerprint density at radius 2 is 1.41 bits per heavy atom. The van der Waals surface area contributed by atoms with Gasteiger partial charge in [0.25, 0.3) is 0 Å². The van der Waals surface area contributed by atoms with Gasteiger partial charge in [-0.15, -0.1) is 0 Å². The Labute approximate surface area is 185 Å². The normalized spacial score (nSPS) is 18.2. The summed E-state index contributed by atoms with van der Waals surface area (Å²) in [5.41, 5.74) is -0.124. The maximum absolute atomic E-state index is 12.7. The maximum Gasteiger partial charge on any atom is 0.416 e. The molecule has 172 valence electrons. The van der Waals surface area contributed by atoms with Gasteiger partial charge in [-0.1, -0.05) is 12.1 Å². The first kappa shape index (κ1) is 22.3. The summed E-state index contributed by atoms with van der Waals surface area (Å²) in [5.74, 6) is 1.69. The van der Waals surface area contributed by atoms with Crippen LogP contribution in [-0.2, 0) is 17.4 Å². The van der Waals surface area contributed by atoms with E-state index in [0.29, 0.717) is 31.7 Å². The molecular formula is C22H27F3N6O. The van der Waals surface area contributed by atoms with Crippen LogP contribution in [0.1, 0.15) is 11.1 Å². The molecule has 1 amide bonds. The number of halogens is 3. The Morgan fingerprint density at radius 1 is 0.875 bits per heavy atom. The minimum atomic E-state index is -4.37. The Hall–Kier alpha value is -2.88. The average molecular weight is 448 g/mol. The molecule has 7 nitrogen and oxygen atoms in total. The van der Waals surface area contributed by atoms with E-state index in [-0.39, 0.29) is 12.3 Å². The molecule has 2 fully saturated rings. The van der Waals surface area contributed by atoms with Gasteiger partial charge >= 0.3 is 6.18 Å². The molecule has 0 saturated carbocycles. The summed E-state index contributed by atoms with van der Waals surface area (Å²) in [5, 5.41) is 0. The molecule has 2 saturated heterocycles. The Bertz CT molecular complexity index is 920. The second kappa shape index (κ2) is 9.32. The van der Waals surface area contributed by atoms with Crippen LogP contribution in [0, 0.1) is 0 Å². The average Bonchev–Trinajstić information content (AvgIpc) is 2.79. The highest BCUT2D eigenvalue weighted by atomic mass is 19.4. The van der Waals surface area contributed by atoms with Crippen molar-refractivity contribution in [1.82, 2.24) is 19.8 Å². The molecule has 1 aromatic carbocycles. The first-order chi connectivity index (χ1) is 15.3. The zero-order chi connectivity index (χ0) is 22.7. The van der Waals surface area contributed by atoms with E-state index in [1.807, 2.05) is 6.07 Å². The standard InChI is InChI=1S/C22H27F3N6O/c1-28-6-8-29(9-7-28)19-15-20(27-16-26-19)30-10-12-31(13-11-30)21(32)14-17-2-4-18(5-3-17)22(23,24)25/h2-5,15-16H,6-14H2,1H3. The molecule has 3 heterocycles. The molecule has 0 radical (unpaired) electrons. The van der Waals surface area contributed by atoms with Crippen molar-refractivity contribution in [2.24, 2.45) is 0 Å². The van der Waals surface area contributed by atoms with Gasteiger partial charge in [0.1, 0.15) is 18.0 Å². The molecule has 0 bridgehead atoms. The molecule has 0 spiro atoms. The molecule has 0 unspecified atom stereocenters. The number of hydrogen-bond acceptors (Lipinski definition) is 6. The van der Waals surface area contributed by atoms with Gasteiger partial charge in [0.2, 0.25) is 5.91 Å². The lowest BCUT2D eigenvalue weighted by atomic mass is 10.1. The smallest absolute Gasteiger partial charge is 0.354 e. The van der Waals surface area contributed by atoms with E-state index in [2.05, 4.69) is 31.7 Å². The van der Waals surface area contributed by atoms with Gasteiger partial charge in [-0.25, -0.2) is 9.97 Å². The van der Waals surface area contributed by atoms with Crippen molar-refractivity contribution >= 4 is 17.5 Å². The van der Waals surface area contributed by atoms with Gasteiger partial charge in [0, 0.05) is 58.4 Å². The molecule has 1 aromatic heterocycles. The first-order valence-corrected chi connectivity index (χ1v) is 10.7. The van der Waals surface area contributed by atoms with Gasteiger partial charge in [-0.2, -0.15) is 13.2 Å². The number of likely N-dealkylation sites (N-methyl/N-ethyl adjacent to an activating group) is 1. The number of piperazine rings is 2. The zero-order valence-corrected chi connectivity index (χ0v) is 18.1. The van der Waals surface area contributed by atoms with Gasteiger partial charge in [-0.3, -0.25) is 4.79 Å². The monoisotopic (exact) mass is 448 g/mol. The number of hydrogen-bond donors (Lipinski definition) is 0. The molecule has 32 heavy (non-hydrogen) atoms. The third-order valence-corrected chi connectivity index (χ3v) is 6.06. The van der Waals surface area contributed by atoms with Crippen molar-refractivity contribution in [3.63, 3.8) is 0 Å². The van der Waals surface area contributed by atoms with Gasteiger partial charge in [0.05, 0.1) is 12.0 Å². The van der Waals surface area contributed by atoms with Gasteiger partial charge in [-0.05, 0) is 24.7 Å². The largest absolute Gasteiger partial charge is 0.416 e. The van der Waals surface area contributed by atoms with Crippen LogP contribution in [0.15, 0.2) is 36.7 Å². The number of carbonyl (C=O) groups excluding carboxylic acids is 1. The third-order valence-electron chi connectivity index (χ3n) is 6.06. The van der Waals surface area contributed by atoms with Crippen molar-refractivity contribution < 1.29 is 18.0 Å². The molecule has 2 aliphatic rings. The van der Waals surface area contributed by atoms with E-state index in [0.717, 1.165) is 49.9 Å². The van der Waals surface area contributed by atoms with E-state index in [9.17, 15) is 18.0 Å². The van der Waals surface area contributed by atoms with Crippen LogP contribution in [0.3, 0.4) is 0 Å². The summed E-state index contributed by atoms with van der Waals surface area (Å²) in [7, 11) is 2.11. The summed E-state index contributed by atoms with van der Waals surface area (Å²) >= 11 is 0. The fraction of sp³-hybridized carbons (Fsp3) is 0.500. The van der Waals surface area contributed by atoms with E-state index in [1.165, 1.54) is 12.1 Å². The molecule has 10 heteroatoms. The van der Waals surface area contributed by atoms with Gasteiger partial charge < -0.3 is 19.6 Å². The van der Waals surface area contributed by atoms with Crippen LogP contribution in [0.2, 0.25) is 0 Å². The Morgan fingerprint density at radius 3 is 1.94 bits per heavy atom. The number of amides is 1. The van der Waals surface area contributed by atoms with Crippen LogP contribution >= 0.6 is 0 Å². The van der Waals surface area contributed by atoms with Crippen LogP contribution in [0.5, 0.6) is 0 Å². The quantitative estimate of drug-likeness (QED) is 0.715. The number of carbonyl (C=O) groups is 1. The highest BCUT2D eigenvalue weighted by Crippen LogP contribution is 2.29. The fourth-order valence-corrected chi connectivity index (χ4v) is 4.00. The van der Waals surface area contributed by atoms with Crippen molar-refractivity contribution in [3.8, 4) is 0 Å². The highest BCUT2D eigenvalue weighted by Gasteiger charge is 2.30. The Balaban J connectivity index is 1.31. The topological polar surface area (TPSA) is 55.8 Å². The van der Waals surface area contributed by atoms with Crippen molar-refractivity contribution in [3.05, 3.63) is 47.8 Å². The molecule has 0 N–H and O–H groups in total. The third kappa shape index (κ3) is 5.29. The van der Waals surface area contributed by atoms with Gasteiger partial charge in [0.15, 0.2) is 0 Å². The minimum Gasteiger partial charge on any atom is -0.354 e. The number of anilines is 2. The summed E-state index contributed by atoms with van der Waals surface area (Å²) in [4.78, 5) is 29.9. The molecular weight excluding hydrogens is 421 g/mol. The van der Waals surface area contributed by atoms with Crippen molar-refractivity contribution in [2.75, 3.05) is 69.2 Å². The number of aromatic nitrogens is 2. The molecule has 0 aliphatic carbocycles. The number of benzene rings is 1. The summed E-state index contributed by atoms with van der Waals surface area (Å²) in [6.07, 6.45) is -2.69. The summed E-state index contributed by atoms with van der Waals surface area (Å²) in [6.45, 7) is 6.26.